The maximum absolute atomic E-state index is 5.91. The lowest BCUT2D eigenvalue weighted by atomic mass is 10.0. The van der Waals surface area contributed by atoms with E-state index in [9.17, 15) is 0 Å². The molecule has 0 atom stereocenters. The summed E-state index contributed by atoms with van der Waals surface area (Å²) in [6.07, 6.45) is 6.64. The highest BCUT2D eigenvalue weighted by Gasteiger charge is 2.29. The van der Waals surface area contributed by atoms with Crippen molar-refractivity contribution in [3.05, 3.63) is 33.7 Å². The summed E-state index contributed by atoms with van der Waals surface area (Å²) in [6, 6.07) is 4.91. The van der Waals surface area contributed by atoms with Crippen LogP contribution in [0.25, 0.3) is 10.1 Å². The van der Waals surface area contributed by atoms with Crippen molar-refractivity contribution in [3.8, 4) is 0 Å². The molecule has 1 aromatic carbocycles. The lowest BCUT2D eigenvalue weighted by molar-refractivity contribution is 0.912. The van der Waals surface area contributed by atoms with Gasteiger partial charge in [-0.05, 0) is 72.2 Å². The van der Waals surface area contributed by atoms with Crippen molar-refractivity contribution in [1.29, 1.82) is 0 Å². The number of nitrogens with two attached hydrogens (primary N) is 1. The Hall–Kier alpha value is -0.860. The molecule has 1 fully saturated rings. The fourth-order valence-electron chi connectivity index (χ4n) is 3.21. The molecule has 0 bridgehead atoms. The molecule has 2 aliphatic carbocycles. The van der Waals surface area contributed by atoms with Crippen molar-refractivity contribution in [3.63, 3.8) is 0 Å². The fourth-order valence-corrected chi connectivity index (χ4v) is 4.42. The Morgan fingerprint density at radius 2 is 1.94 bits per heavy atom. The van der Waals surface area contributed by atoms with E-state index in [1.807, 2.05) is 11.3 Å². The van der Waals surface area contributed by atoms with Crippen molar-refractivity contribution >= 4 is 21.4 Å². The second-order valence-corrected chi connectivity index (χ2v) is 6.52. The van der Waals surface area contributed by atoms with E-state index in [0.717, 1.165) is 12.5 Å². The third kappa shape index (κ3) is 1.47. The third-order valence-corrected chi connectivity index (χ3v) is 5.38. The minimum atomic E-state index is 0.718. The van der Waals surface area contributed by atoms with E-state index in [1.54, 1.807) is 16.7 Å². The molecule has 2 heteroatoms. The Kier molecular flexibility index (Phi) is 2.12. The summed E-state index contributed by atoms with van der Waals surface area (Å²) < 4.78 is 1.48. The molecular formula is C15H17NS. The largest absolute Gasteiger partial charge is 0.326 e. The second kappa shape index (κ2) is 3.56. The van der Waals surface area contributed by atoms with Gasteiger partial charge in [0.05, 0.1) is 0 Å². The van der Waals surface area contributed by atoms with Crippen LogP contribution in [0.5, 0.6) is 0 Å². The van der Waals surface area contributed by atoms with Crippen LogP contribution in [0.2, 0.25) is 0 Å². The van der Waals surface area contributed by atoms with Gasteiger partial charge in [-0.25, -0.2) is 0 Å². The first-order chi connectivity index (χ1) is 8.36. The second-order valence-electron chi connectivity index (χ2n) is 5.39. The summed E-state index contributed by atoms with van der Waals surface area (Å²) in [4.78, 5) is 1.44. The van der Waals surface area contributed by atoms with E-state index in [-0.39, 0.29) is 0 Å². The number of hydrogen-bond donors (Lipinski definition) is 1. The lowest BCUT2D eigenvalue weighted by Gasteiger charge is -2.02. The molecule has 0 unspecified atom stereocenters. The minimum Gasteiger partial charge on any atom is -0.326 e. The molecule has 88 valence electrons. The molecule has 17 heavy (non-hydrogen) atoms. The average Bonchev–Trinajstić information content (AvgIpc) is 2.96. The standard InChI is InChI=1S/C15H17NS/c16-8-14-15(9-4-5-9)12-6-10-2-1-3-11(10)7-13(12)17-14/h6-7,9H,1-5,8,16H2. The van der Waals surface area contributed by atoms with Crippen molar-refractivity contribution in [2.24, 2.45) is 5.73 Å². The summed E-state index contributed by atoms with van der Waals surface area (Å²) in [7, 11) is 0. The zero-order valence-electron chi connectivity index (χ0n) is 9.96. The van der Waals surface area contributed by atoms with Crippen molar-refractivity contribution in [1.82, 2.24) is 0 Å². The van der Waals surface area contributed by atoms with Crippen LogP contribution in [0.4, 0.5) is 0 Å². The van der Waals surface area contributed by atoms with Gasteiger partial charge in [0.2, 0.25) is 0 Å². The van der Waals surface area contributed by atoms with Crippen molar-refractivity contribution < 1.29 is 0 Å². The summed E-state index contributed by atoms with van der Waals surface area (Å²) in [5, 5.41) is 1.53. The van der Waals surface area contributed by atoms with E-state index < -0.39 is 0 Å². The summed E-state index contributed by atoms with van der Waals surface area (Å²) in [5.74, 6) is 0.821. The molecule has 2 N–H and O–H groups in total. The van der Waals surface area contributed by atoms with Crippen LogP contribution in [0, 0.1) is 0 Å². The molecule has 1 saturated carbocycles. The maximum atomic E-state index is 5.91. The summed E-state index contributed by atoms with van der Waals surface area (Å²) >= 11 is 1.93. The Labute approximate surface area is 106 Å². The molecule has 0 radical (unpaired) electrons. The lowest BCUT2D eigenvalue weighted by Crippen LogP contribution is -1.96. The van der Waals surface area contributed by atoms with Gasteiger partial charge in [-0.1, -0.05) is 0 Å². The van der Waals surface area contributed by atoms with E-state index in [2.05, 4.69) is 12.1 Å². The molecule has 4 rings (SSSR count). The Morgan fingerprint density at radius 1 is 1.18 bits per heavy atom. The van der Waals surface area contributed by atoms with Crippen molar-refractivity contribution in [2.75, 3.05) is 0 Å². The van der Waals surface area contributed by atoms with Gasteiger partial charge in [0.15, 0.2) is 0 Å². The van der Waals surface area contributed by atoms with Gasteiger partial charge < -0.3 is 5.73 Å². The van der Waals surface area contributed by atoms with Crippen LogP contribution in [-0.4, -0.2) is 0 Å². The van der Waals surface area contributed by atoms with E-state index in [0.29, 0.717) is 0 Å². The Morgan fingerprint density at radius 3 is 2.65 bits per heavy atom. The van der Waals surface area contributed by atoms with Crippen molar-refractivity contribution in [2.45, 2.75) is 44.6 Å². The van der Waals surface area contributed by atoms with Gasteiger partial charge in [0.25, 0.3) is 0 Å². The Balaban J connectivity index is 2.00. The molecular weight excluding hydrogens is 226 g/mol. The topological polar surface area (TPSA) is 26.0 Å². The van der Waals surface area contributed by atoms with Crippen LogP contribution in [-0.2, 0) is 19.4 Å². The summed E-state index contributed by atoms with van der Waals surface area (Å²) in [6.45, 7) is 0.718. The quantitative estimate of drug-likeness (QED) is 0.854. The highest BCUT2D eigenvalue weighted by Crippen LogP contribution is 2.48. The van der Waals surface area contributed by atoms with Crippen LogP contribution in [0.1, 0.15) is 46.7 Å². The molecule has 1 heterocycles. The molecule has 1 nitrogen and oxygen atoms in total. The predicted molar refractivity (Wildman–Crippen MR) is 73.7 cm³/mol. The molecule has 2 aromatic rings. The maximum Gasteiger partial charge on any atom is 0.0352 e. The fraction of sp³-hybridized carbons (Fsp3) is 0.467. The van der Waals surface area contributed by atoms with Gasteiger partial charge in [0, 0.05) is 16.1 Å². The van der Waals surface area contributed by atoms with Gasteiger partial charge in [-0.15, -0.1) is 11.3 Å². The van der Waals surface area contributed by atoms with Crippen LogP contribution >= 0.6 is 11.3 Å². The third-order valence-electron chi connectivity index (χ3n) is 4.19. The number of hydrogen-bond acceptors (Lipinski definition) is 2. The number of rotatable bonds is 2. The highest BCUT2D eigenvalue weighted by atomic mass is 32.1. The van der Waals surface area contributed by atoms with Gasteiger partial charge in [-0.3, -0.25) is 0 Å². The first-order valence-electron chi connectivity index (χ1n) is 6.64. The number of benzene rings is 1. The molecule has 0 aliphatic heterocycles. The van der Waals surface area contributed by atoms with E-state index >= 15 is 0 Å². The Bertz CT molecular complexity index is 592. The molecule has 1 aromatic heterocycles. The van der Waals surface area contributed by atoms with Gasteiger partial charge in [0.1, 0.15) is 0 Å². The number of fused-ring (bicyclic) bond motifs is 2. The SMILES string of the molecule is NCc1sc2cc3c(cc2c1C1CC1)CCC3. The van der Waals surface area contributed by atoms with Gasteiger partial charge in [-0.2, -0.15) is 0 Å². The molecule has 0 saturated heterocycles. The smallest absolute Gasteiger partial charge is 0.0352 e. The zero-order chi connectivity index (χ0) is 11.4. The summed E-state index contributed by atoms with van der Waals surface area (Å²) in [5.41, 5.74) is 10.7. The monoisotopic (exact) mass is 243 g/mol. The first kappa shape index (κ1) is 10.1. The molecule has 2 aliphatic rings. The number of aryl methyl sites for hydroxylation is 2. The van der Waals surface area contributed by atoms with Crippen LogP contribution in [0.3, 0.4) is 0 Å². The van der Waals surface area contributed by atoms with E-state index in [4.69, 9.17) is 5.73 Å². The minimum absolute atomic E-state index is 0.718. The van der Waals surface area contributed by atoms with E-state index in [1.165, 1.54) is 47.1 Å². The normalized spacial score (nSPS) is 18.9. The predicted octanol–water partition coefficient (Wildman–Crippen LogP) is 3.73. The van der Waals surface area contributed by atoms with Gasteiger partial charge >= 0.3 is 0 Å². The molecule has 0 spiro atoms. The average molecular weight is 243 g/mol. The zero-order valence-corrected chi connectivity index (χ0v) is 10.8. The molecule has 0 amide bonds. The van der Waals surface area contributed by atoms with Crippen LogP contribution < -0.4 is 5.73 Å². The first-order valence-corrected chi connectivity index (χ1v) is 7.45. The number of thiophene rings is 1. The van der Waals surface area contributed by atoms with Crippen LogP contribution in [0.15, 0.2) is 12.1 Å². The highest BCUT2D eigenvalue weighted by molar-refractivity contribution is 7.19.